The highest BCUT2D eigenvalue weighted by atomic mass is 79.9. The Kier molecular flexibility index (Phi) is 4.45. The van der Waals surface area contributed by atoms with Crippen molar-refractivity contribution in [3.05, 3.63) is 62.3 Å². The van der Waals surface area contributed by atoms with Gasteiger partial charge in [0.1, 0.15) is 5.82 Å². The van der Waals surface area contributed by atoms with Crippen LogP contribution in [0, 0.1) is 5.82 Å². The zero-order valence-electron chi connectivity index (χ0n) is 9.38. The van der Waals surface area contributed by atoms with Gasteiger partial charge in [-0.05, 0) is 30.3 Å². The normalized spacial score (nSPS) is 10.3. The van der Waals surface area contributed by atoms with Crippen LogP contribution in [0.3, 0.4) is 0 Å². The molecule has 2 aromatic rings. The first-order valence-electron chi connectivity index (χ1n) is 5.19. The molecule has 6 heteroatoms. The zero-order valence-corrected chi connectivity index (χ0v) is 12.5. The molecule has 0 bridgehead atoms. The number of anilines is 1. The van der Waals surface area contributed by atoms with E-state index in [-0.39, 0.29) is 10.6 Å². The third kappa shape index (κ3) is 3.26. The Balaban J connectivity index is 2.31. The molecule has 0 saturated carbocycles. The van der Waals surface area contributed by atoms with Crippen LogP contribution in [0.25, 0.3) is 0 Å². The van der Waals surface area contributed by atoms with E-state index in [0.717, 1.165) is 4.47 Å². The van der Waals surface area contributed by atoms with Crippen molar-refractivity contribution in [2.24, 2.45) is 0 Å². The fraction of sp³-hybridized carbons (Fsp3) is 0. The molecular formula is C13H7BrCl2FNO. The topological polar surface area (TPSA) is 29.1 Å². The van der Waals surface area contributed by atoms with Crippen LogP contribution in [0.2, 0.25) is 10.0 Å². The molecule has 0 aromatic heterocycles. The summed E-state index contributed by atoms with van der Waals surface area (Å²) in [5.74, 6) is -1.33. The van der Waals surface area contributed by atoms with Gasteiger partial charge in [0.25, 0.3) is 5.91 Å². The van der Waals surface area contributed by atoms with Gasteiger partial charge in [0.2, 0.25) is 0 Å². The summed E-state index contributed by atoms with van der Waals surface area (Å²) in [5, 5.41) is 2.91. The Morgan fingerprint density at radius 2 is 1.89 bits per heavy atom. The molecule has 2 aromatic carbocycles. The van der Waals surface area contributed by atoms with Gasteiger partial charge in [-0.2, -0.15) is 0 Å². The van der Waals surface area contributed by atoms with E-state index < -0.39 is 11.7 Å². The van der Waals surface area contributed by atoms with Gasteiger partial charge in [-0.25, -0.2) is 4.39 Å². The number of hydrogen-bond acceptors (Lipinski definition) is 1. The van der Waals surface area contributed by atoms with Crippen molar-refractivity contribution in [1.82, 2.24) is 0 Å². The van der Waals surface area contributed by atoms with Gasteiger partial charge in [0.15, 0.2) is 0 Å². The minimum atomic E-state index is -0.682. The summed E-state index contributed by atoms with van der Waals surface area (Å²) < 4.78 is 14.4. The van der Waals surface area contributed by atoms with Gasteiger partial charge in [0.05, 0.1) is 21.3 Å². The number of halogens is 4. The van der Waals surface area contributed by atoms with Crippen molar-refractivity contribution >= 4 is 50.7 Å². The van der Waals surface area contributed by atoms with Crippen LogP contribution in [0.4, 0.5) is 10.1 Å². The van der Waals surface area contributed by atoms with Crippen LogP contribution >= 0.6 is 39.1 Å². The Morgan fingerprint density at radius 3 is 2.53 bits per heavy atom. The van der Waals surface area contributed by atoms with Gasteiger partial charge in [-0.1, -0.05) is 45.2 Å². The minimum Gasteiger partial charge on any atom is -0.320 e. The van der Waals surface area contributed by atoms with E-state index in [4.69, 9.17) is 23.2 Å². The lowest BCUT2D eigenvalue weighted by Gasteiger charge is -2.09. The van der Waals surface area contributed by atoms with Gasteiger partial charge in [-0.3, -0.25) is 4.79 Å². The van der Waals surface area contributed by atoms with E-state index in [2.05, 4.69) is 21.2 Å². The molecule has 1 amide bonds. The molecule has 0 radical (unpaired) electrons. The first kappa shape index (κ1) is 14.3. The second-order valence-corrected chi connectivity index (χ2v) is 5.41. The maximum atomic E-state index is 13.6. The fourth-order valence-electron chi connectivity index (χ4n) is 1.49. The zero-order chi connectivity index (χ0) is 14.0. The molecule has 0 aliphatic rings. The smallest absolute Gasteiger partial charge is 0.260 e. The average Bonchev–Trinajstić information content (AvgIpc) is 2.32. The fourth-order valence-corrected chi connectivity index (χ4v) is 2.46. The molecule has 2 nitrogen and oxygen atoms in total. The number of benzene rings is 2. The molecule has 0 saturated heterocycles. The predicted octanol–water partition coefficient (Wildman–Crippen LogP) is 5.15. The molecule has 0 unspecified atom stereocenters. The summed E-state index contributed by atoms with van der Waals surface area (Å²) in [5.41, 5.74) is 0.178. The van der Waals surface area contributed by atoms with Gasteiger partial charge in [-0.15, -0.1) is 0 Å². The molecule has 98 valence electrons. The Hall–Kier alpha value is -1.10. The van der Waals surface area contributed by atoms with E-state index in [1.807, 2.05) is 0 Å². The summed E-state index contributed by atoms with van der Waals surface area (Å²) in [6.07, 6.45) is 0. The second-order valence-electron chi connectivity index (χ2n) is 3.67. The lowest BCUT2D eigenvalue weighted by molar-refractivity contribution is 0.102. The molecular weight excluding hydrogens is 356 g/mol. The summed E-state index contributed by atoms with van der Waals surface area (Å²) in [6, 6.07) is 9.00. The van der Waals surface area contributed by atoms with Crippen LogP contribution in [-0.4, -0.2) is 5.91 Å². The SMILES string of the molecule is O=C(Nc1ccc(Br)cc1Cl)c1c(F)cccc1Cl. The highest BCUT2D eigenvalue weighted by molar-refractivity contribution is 9.10. The molecule has 0 atom stereocenters. The lowest BCUT2D eigenvalue weighted by atomic mass is 10.2. The van der Waals surface area contributed by atoms with Gasteiger partial charge < -0.3 is 5.32 Å². The van der Waals surface area contributed by atoms with Crippen LogP contribution < -0.4 is 5.32 Å². The molecule has 0 fully saturated rings. The summed E-state index contributed by atoms with van der Waals surface area (Å²) in [7, 11) is 0. The number of hydrogen-bond donors (Lipinski definition) is 1. The van der Waals surface area contributed by atoms with Crippen LogP contribution in [-0.2, 0) is 0 Å². The van der Waals surface area contributed by atoms with Crippen molar-refractivity contribution in [2.45, 2.75) is 0 Å². The van der Waals surface area contributed by atoms with Gasteiger partial charge in [0, 0.05) is 4.47 Å². The van der Waals surface area contributed by atoms with E-state index in [0.29, 0.717) is 10.7 Å². The molecule has 19 heavy (non-hydrogen) atoms. The Morgan fingerprint density at radius 1 is 1.16 bits per heavy atom. The molecule has 2 rings (SSSR count). The second kappa shape index (κ2) is 5.90. The van der Waals surface area contributed by atoms with Crippen LogP contribution in [0.1, 0.15) is 10.4 Å². The summed E-state index contributed by atoms with van der Waals surface area (Å²) in [6.45, 7) is 0. The van der Waals surface area contributed by atoms with Crippen molar-refractivity contribution in [3.8, 4) is 0 Å². The number of carbonyl (C=O) groups is 1. The minimum absolute atomic E-state index is 0.0470. The van der Waals surface area contributed by atoms with E-state index in [1.165, 1.54) is 18.2 Å². The van der Waals surface area contributed by atoms with Crippen LogP contribution in [0.5, 0.6) is 0 Å². The Bertz CT molecular complexity index is 628. The standard InChI is InChI=1S/C13H7BrCl2FNO/c14-7-4-5-11(9(16)6-7)18-13(19)12-8(15)2-1-3-10(12)17/h1-6H,(H,18,19). The number of carbonyl (C=O) groups excluding carboxylic acids is 1. The van der Waals surface area contributed by atoms with Crippen molar-refractivity contribution in [1.29, 1.82) is 0 Å². The third-order valence-electron chi connectivity index (χ3n) is 2.37. The summed E-state index contributed by atoms with van der Waals surface area (Å²) >= 11 is 15.0. The summed E-state index contributed by atoms with van der Waals surface area (Å²) in [4.78, 5) is 12.0. The van der Waals surface area contributed by atoms with Crippen LogP contribution in [0.15, 0.2) is 40.9 Å². The quantitative estimate of drug-likeness (QED) is 0.786. The largest absolute Gasteiger partial charge is 0.320 e. The van der Waals surface area contributed by atoms with Gasteiger partial charge >= 0.3 is 0 Å². The highest BCUT2D eigenvalue weighted by Gasteiger charge is 2.16. The van der Waals surface area contributed by atoms with Crippen molar-refractivity contribution < 1.29 is 9.18 Å². The highest BCUT2D eigenvalue weighted by Crippen LogP contribution is 2.27. The molecule has 0 heterocycles. The third-order valence-corrected chi connectivity index (χ3v) is 3.49. The number of nitrogens with one attached hydrogen (secondary N) is 1. The van der Waals surface area contributed by atoms with Crippen molar-refractivity contribution in [3.63, 3.8) is 0 Å². The van der Waals surface area contributed by atoms with E-state index in [9.17, 15) is 9.18 Å². The van der Waals surface area contributed by atoms with E-state index >= 15 is 0 Å². The molecule has 0 aliphatic carbocycles. The monoisotopic (exact) mass is 361 g/mol. The number of rotatable bonds is 2. The average molecular weight is 363 g/mol. The maximum absolute atomic E-state index is 13.6. The lowest BCUT2D eigenvalue weighted by Crippen LogP contribution is -2.14. The molecule has 0 spiro atoms. The maximum Gasteiger partial charge on any atom is 0.260 e. The molecule has 0 aliphatic heterocycles. The van der Waals surface area contributed by atoms with Crippen molar-refractivity contribution in [2.75, 3.05) is 5.32 Å². The number of amides is 1. The Labute approximate surface area is 127 Å². The molecule has 1 N–H and O–H groups in total. The predicted molar refractivity (Wildman–Crippen MR) is 78.5 cm³/mol. The first-order valence-corrected chi connectivity index (χ1v) is 6.74. The first-order chi connectivity index (χ1) is 8.99. The van der Waals surface area contributed by atoms with E-state index in [1.54, 1.807) is 18.2 Å².